The lowest BCUT2D eigenvalue weighted by atomic mass is 10.3. The molecule has 0 aromatic carbocycles. The Morgan fingerprint density at radius 2 is 1.00 bits per heavy atom. The van der Waals surface area contributed by atoms with Gasteiger partial charge in [-0.05, 0) is 26.7 Å². The monoisotopic (exact) mass is 424 g/mol. The zero-order valence-corrected chi connectivity index (χ0v) is 18.2. The maximum Gasteiger partial charge on any atom is 0.336 e. The molecule has 0 saturated heterocycles. The maximum atomic E-state index is 11.2. The average Bonchev–Trinajstić information content (AvgIpc) is 2.68. The van der Waals surface area contributed by atoms with E-state index in [1.807, 2.05) is 13.8 Å². The first-order valence-corrected chi connectivity index (χ1v) is 9.41. The molecule has 0 aliphatic heterocycles. The molecule has 168 valence electrons. The van der Waals surface area contributed by atoms with Gasteiger partial charge in [-0.15, -0.1) is 0 Å². The Balaban J connectivity index is 0. The SMILES string of the molecule is C=C(C)C(=O)OC(CCC)OC(=O)C(=C)C.C=CC(=O)OC(CCC)OC(=O)C=C. The Hall–Kier alpha value is -3.16. The molecule has 8 heteroatoms. The highest BCUT2D eigenvalue weighted by Gasteiger charge is 2.18. The van der Waals surface area contributed by atoms with Crippen LogP contribution in [0.15, 0.2) is 49.6 Å². The van der Waals surface area contributed by atoms with E-state index in [4.69, 9.17) is 18.9 Å². The topological polar surface area (TPSA) is 105 Å². The minimum atomic E-state index is -0.863. The minimum absolute atomic E-state index is 0.271. The lowest BCUT2D eigenvalue weighted by Crippen LogP contribution is -2.25. The number of carbonyl (C=O) groups is 4. The Bertz CT molecular complexity index is 598. The highest BCUT2D eigenvalue weighted by atomic mass is 16.7. The first-order valence-electron chi connectivity index (χ1n) is 9.41. The third-order valence-corrected chi connectivity index (χ3v) is 3.05. The summed E-state index contributed by atoms with van der Waals surface area (Å²) in [5.74, 6) is -2.35. The highest BCUT2D eigenvalue weighted by molar-refractivity contribution is 5.88. The molecule has 0 radical (unpaired) electrons. The molecule has 0 amide bonds. The Labute approximate surface area is 178 Å². The standard InChI is InChI=1S/C12H18O4.C10H14O4/c1-6-7-10(15-11(13)8(2)3)16-12(14)9(4)5;1-4-7-10(13-8(11)5-2)14-9(12)6-3/h10H,2,4,6-7H2,1,3,5H3;5-6,10H,2-4,7H2,1H3. The van der Waals surface area contributed by atoms with Crippen molar-refractivity contribution in [2.24, 2.45) is 0 Å². The van der Waals surface area contributed by atoms with E-state index in [1.165, 1.54) is 13.8 Å². The van der Waals surface area contributed by atoms with Crippen molar-refractivity contribution in [2.75, 3.05) is 0 Å². The molecule has 0 heterocycles. The van der Waals surface area contributed by atoms with Gasteiger partial charge in [0.1, 0.15) is 0 Å². The summed E-state index contributed by atoms with van der Waals surface area (Å²) >= 11 is 0. The quantitative estimate of drug-likeness (QED) is 0.264. The fourth-order valence-corrected chi connectivity index (χ4v) is 1.55. The van der Waals surface area contributed by atoms with Gasteiger partial charge in [0.15, 0.2) is 0 Å². The zero-order chi connectivity index (χ0) is 23.7. The number of rotatable bonds is 12. The molecule has 0 aliphatic rings. The number of hydrogen-bond donors (Lipinski definition) is 0. The summed E-state index contributed by atoms with van der Waals surface area (Å²) in [4.78, 5) is 44.1. The van der Waals surface area contributed by atoms with Crippen molar-refractivity contribution in [2.45, 2.75) is 66.0 Å². The third-order valence-electron chi connectivity index (χ3n) is 3.05. The Morgan fingerprint density at radius 1 is 0.700 bits per heavy atom. The minimum Gasteiger partial charge on any atom is -0.422 e. The van der Waals surface area contributed by atoms with Crippen molar-refractivity contribution in [3.8, 4) is 0 Å². The molecule has 0 aromatic heterocycles. The van der Waals surface area contributed by atoms with Gasteiger partial charge in [0.05, 0.1) is 0 Å². The molecule has 0 saturated carbocycles. The molecule has 0 rings (SSSR count). The van der Waals surface area contributed by atoms with Crippen LogP contribution < -0.4 is 0 Å². The number of esters is 4. The first kappa shape index (κ1) is 29.0. The van der Waals surface area contributed by atoms with E-state index in [-0.39, 0.29) is 11.1 Å². The van der Waals surface area contributed by atoms with E-state index in [1.54, 1.807) is 0 Å². The third kappa shape index (κ3) is 14.8. The van der Waals surface area contributed by atoms with Crippen LogP contribution in [-0.2, 0) is 38.1 Å². The molecule has 0 N–H and O–H groups in total. The van der Waals surface area contributed by atoms with E-state index in [0.717, 1.165) is 25.0 Å². The largest absolute Gasteiger partial charge is 0.422 e. The van der Waals surface area contributed by atoms with Crippen LogP contribution in [0.5, 0.6) is 0 Å². The van der Waals surface area contributed by atoms with E-state index in [0.29, 0.717) is 12.8 Å². The number of hydrogen-bond acceptors (Lipinski definition) is 8. The second-order valence-electron chi connectivity index (χ2n) is 6.09. The van der Waals surface area contributed by atoms with Crippen LogP contribution in [0.25, 0.3) is 0 Å². The molecule has 0 spiro atoms. The van der Waals surface area contributed by atoms with Crippen LogP contribution in [0.1, 0.15) is 53.4 Å². The number of carbonyl (C=O) groups excluding carboxylic acids is 4. The second kappa shape index (κ2) is 16.8. The van der Waals surface area contributed by atoms with Crippen molar-refractivity contribution in [1.29, 1.82) is 0 Å². The average molecular weight is 424 g/mol. The van der Waals surface area contributed by atoms with Gasteiger partial charge in [-0.2, -0.15) is 0 Å². The zero-order valence-electron chi connectivity index (χ0n) is 18.2. The predicted molar refractivity (Wildman–Crippen MR) is 112 cm³/mol. The summed E-state index contributed by atoms with van der Waals surface area (Å²) in [5.41, 5.74) is 0.542. The summed E-state index contributed by atoms with van der Waals surface area (Å²) in [6, 6.07) is 0. The van der Waals surface area contributed by atoms with Crippen LogP contribution in [0.2, 0.25) is 0 Å². The lowest BCUT2D eigenvalue weighted by molar-refractivity contribution is -0.184. The van der Waals surface area contributed by atoms with Gasteiger partial charge >= 0.3 is 23.9 Å². The second-order valence-corrected chi connectivity index (χ2v) is 6.09. The predicted octanol–water partition coefficient (Wildman–Crippen LogP) is 3.92. The molecular formula is C22H32O8. The summed E-state index contributed by atoms with van der Waals surface area (Å²) in [5, 5.41) is 0. The van der Waals surface area contributed by atoms with Crippen molar-refractivity contribution in [3.63, 3.8) is 0 Å². The van der Waals surface area contributed by atoms with Crippen LogP contribution in [0, 0.1) is 0 Å². The summed E-state index contributed by atoms with van der Waals surface area (Å²) in [6.07, 6.45) is 2.71. The van der Waals surface area contributed by atoms with Gasteiger partial charge in [0.2, 0.25) is 12.6 Å². The molecule has 0 atom stereocenters. The van der Waals surface area contributed by atoms with Crippen LogP contribution >= 0.6 is 0 Å². The molecule has 8 nitrogen and oxygen atoms in total. The molecule has 0 aromatic rings. The Kier molecular flexibility index (Phi) is 16.2. The first-order chi connectivity index (χ1) is 14.0. The van der Waals surface area contributed by atoms with Gasteiger partial charge in [-0.3, -0.25) is 0 Å². The normalized spacial score (nSPS) is 9.53. The van der Waals surface area contributed by atoms with E-state index >= 15 is 0 Å². The highest BCUT2D eigenvalue weighted by Crippen LogP contribution is 2.09. The number of ether oxygens (including phenoxy) is 4. The van der Waals surface area contributed by atoms with E-state index in [2.05, 4.69) is 26.3 Å². The molecular weight excluding hydrogens is 392 g/mol. The fraction of sp³-hybridized carbons (Fsp3) is 0.455. The molecule has 0 bridgehead atoms. The van der Waals surface area contributed by atoms with Crippen molar-refractivity contribution in [1.82, 2.24) is 0 Å². The smallest absolute Gasteiger partial charge is 0.336 e. The maximum absolute atomic E-state index is 11.2. The Morgan fingerprint density at radius 3 is 1.23 bits per heavy atom. The lowest BCUT2D eigenvalue weighted by Gasteiger charge is -2.17. The van der Waals surface area contributed by atoms with E-state index in [9.17, 15) is 19.2 Å². The van der Waals surface area contributed by atoms with Crippen molar-refractivity contribution in [3.05, 3.63) is 49.6 Å². The summed E-state index contributed by atoms with van der Waals surface area (Å²) in [7, 11) is 0. The fourth-order valence-electron chi connectivity index (χ4n) is 1.55. The summed E-state index contributed by atoms with van der Waals surface area (Å²) < 4.78 is 19.4. The van der Waals surface area contributed by atoms with Crippen molar-refractivity contribution < 1.29 is 38.1 Å². The van der Waals surface area contributed by atoms with Gasteiger partial charge in [-0.25, -0.2) is 19.2 Å². The van der Waals surface area contributed by atoms with E-state index < -0.39 is 36.5 Å². The summed E-state index contributed by atoms with van der Waals surface area (Å²) in [6.45, 7) is 20.2. The molecule has 0 aliphatic carbocycles. The van der Waals surface area contributed by atoms with Gasteiger partial charge in [-0.1, -0.05) is 40.2 Å². The van der Waals surface area contributed by atoms with Crippen molar-refractivity contribution >= 4 is 23.9 Å². The van der Waals surface area contributed by atoms with Gasteiger partial charge < -0.3 is 18.9 Å². The molecule has 0 unspecified atom stereocenters. The van der Waals surface area contributed by atoms with Crippen LogP contribution in [-0.4, -0.2) is 36.5 Å². The van der Waals surface area contributed by atoms with Crippen LogP contribution in [0.4, 0.5) is 0 Å². The molecule has 0 fully saturated rings. The van der Waals surface area contributed by atoms with Gasteiger partial charge in [0, 0.05) is 36.1 Å². The van der Waals surface area contributed by atoms with Gasteiger partial charge in [0.25, 0.3) is 0 Å². The van der Waals surface area contributed by atoms with Crippen LogP contribution in [0.3, 0.4) is 0 Å². The molecule has 30 heavy (non-hydrogen) atoms.